The molecule has 3 amide bonds. The molecule has 33 heavy (non-hydrogen) atoms. The number of ether oxygens (including phenoxy) is 1. The van der Waals surface area contributed by atoms with Gasteiger partial charge in [-0.3, -0.25) is 19.2 Å². The Kier molecular flexibility index (Phi) is 8.38. The van der Waals surface area contributed by atoms with Crippen LogP contribution in [0.3, 0.4) is 0 Å². The molecule has 180 valence electrons. The number of alkyl halides is 3. The van der Waals surface area contributed by atoms with Crippen LogP contribution in [-0.4, -0.2) is 71.0 Å². The Balaban J connectivity index is 1.98. The van der Waals surface area contributed by atoms with Crippen LogP contribution in [-0.2, 0) is 19.2 Å². The number of likely N-dealkylation sites (tertiary alicyclic amines) is 1. The van der Waals surface area contributed by atoms with Crippen molar-refractivity contribution in [3.8, 4) is 5.75 Å². The van der Waals surface area contributed by atoms with Gasteiger partial charge in [0.05, 0.1) is 12.5 Å². The third-order valence-electron chi connectivity index (χ3n) is 4.79. The Hall–Kier alpha value is -3.64. The molecule has 0 spiro atoms. The average molecular weight is 473 g/mol. The standard InChI is InChI=1S/C20H22F3N3O7/c1-11(24-17(30)12-4-6-14(7-5-12)33-20(21,22)23)19(32)26-8-2-3-15(26)18(31)25-13(10-27)9-16(28)29/h4-7,10-11,13,15H,2-3,8-9H2,1H3,(H,24,30)(H,25,31)(H,28,29)/t11?,13?,15-/m0/s1. The molecule has 0 bridgehead atoms. The molecule has 3 N–H and O–H groups in total. The van der Waals surface area contributed by atoms with E-state index < -0.39 is 60.3 Å². The zero-order chi connectivity index (χ0) is 24.8. The second-order valence-electron chi connectivity index (χ2n) is 7.31. The van der Waals surface area contributed by atoms with E-state index in [9.17, 15) is 37.1 Å². The Morgan fingerprint density at radius 2 is 1.85 bits per heavy atom. The van der Waals surface area contributed by atoms with Crippen LogP contribution in [0.2, 0.25) is 0 Å². The summed E-state index contributed by atoms with van der Waals surface area (Å²) in [6.45, 7) is 1.60. The number of aldehydes is 1. The predicted octanol–water partition coefficient (Wildman–Crippen LogP) is 0.853. The summed E-state index contributed by atoms with van der Waals surface area (Å²) in [6, 6.07) is 0.856. The summed E-state index contributed by atoms with van der Waals surface area (Å²) in [5.74, 6) is -3.78. The highest BCUT2D eigenvalue weighted by Gasteiger charge is 2.37. The lowest BCUT2D eigenvalue weighted by Gasteiger charge is -2.27. The van der Waals surface area contributed by atoms with Crippen LogP contribution in [0, 0.1) is 0 Å². The van der Waals surface area contributed by atoms with Crippen LogP contribution in [0.25, 0.3) is 0 Å². The van der Waals surface area contributed by atoms with E-state index in [4.69, 9.17) is 5.11 Å². The summed E-state index contributed by atoms with van der Waals surface area (Å²) in [7, 11) is 0. The number of carboxylic acids is 1. The normalized spacial score (nSPS) is 17.6. The van der Waals surface area contributed by atoms with E-state index >= 15 is 0 Å². The van der Waals surface area contributed by atoms with Gasteiger partial charge >= 0.3 is 12.3 Å². The lowest BCUT2D eigenvalue weighted by atomic mass is 10.1. The van der Waals surface area contributed by atoms with Gasteiger partial charge in [-0.25, -0.2) is 0 Å². The maximum absolute atomic E-state index is 12.8. The van der Waals surface area contributed by atoms with Gasteiger partial charge in [0.1, 0.15) is 24.1 Å². The topological polar surface area (TPSA) is 142 Å². The number of halogens is 3. The first-order valence-corrected chi connectivity index (χ1v) is 9.86. The summed E-state index contributed by atoms with van der Waals surface area (Å²) in [5, 5.41) is 13.5. The smallest absolute Gasteiger partial charge is 0.481 e. The van der Waals surface area contributed by atoms with Gasteiger partial charge in [0, 0.05) is 12.1 Å². The molecule has 13 heteroatoms. The fourth-order valence-corrected chi connectivity index (χ4v) is 3.30. The summed E-state index contributed by atoms with van der Waals surface area (Å²) in [4.78, 5) is 60.6. The number of hydrogen-bond acceptors (Lipinski definition) is 6. The van der Waals surface area contributed by atoms with Gasteiger partial charge in [0.2, 0.25) is 11.8 Å². The molecule has 0 saturated carbocycles. The maximum Gasteiger partial charge on any atom is 0.573 e. The number of hydrogen-bond donors (Lipinski definition) is 3. The van der Waals surface area contributed by atoms with Gasteiger partial charge in [0.25, 0.3) is 5.91 Å². The van der Waals surface area contributed by atoms with Crippen molar-refractivity contribution in [2.75, 3.05) is 6.54 Å². The first kappa shape index (κ1) is 25.6. The minimum Gasteiger partial charge on any atom is -0.481 e. The fourth-order valence-electron chi connectivity index (χ4n) is 3.30. The molecule has 0 radical (unpaired) electrons. The first-order chi connectivity index (χ1) is 15.4. The van der Waals surface area contributed by atoms with Gasteiger partial charge in [-0.1, -0.05) is 0 Å². The van der Waals surface area contributed by atoms with E-state index in [1.54, 1.807) is 0 Å². The third kappa shape index (κ3) is 7.47. The molecule has 3 atom stereocenters. The minimum absolute atomic E-state index is 0.0117. The van der Waals surface area contributed by atoms with E-state index in [-0.39, 0.29) is 18.5 Å². The van der Waals surface area contributed by atoms with E-state index in [2.05, 4.69) is 15.4 Å². The summed E-state index contributed by atoms with van der Waals surface area (Å²) in [6.07, 6.45) is -4.41. The molecule has 1 aliphatic rings. The van der Waals surface area contributed by atoms with Crippen molar-refractivity contribution in [3.05, 3.63) is 29.8 Å². The van der Waals surface area contributed by atoms with Crippen LogP contribution in [0.1, 0.15) is 36.5 Å². The monoisotopic (exact) mass is 473 g/mol. The molecule has 1 aromatic carbocycles. The number of aliphatic carboxylic acids is 1. The number of benzene rings is 1. The molecule has 1 heterocycles. The largest absolute Gasteiger partial charge is 0.573 e. The number of nitrogens with zero attached hydrogens (tertiary/aromatic N) is 1. The third-order valence-corrected chi connectivity index (χ3v) is 4.79. The van der Waals surface area contributed by atoms with Crippen LogP contribution in [0.5, 0.6) is 5.75 Å². The van der Waals surface area contributed by atoms with E-state index in [0.717, 1.165) is 24.3 Å². The molecule has 2 rings (SSSR count). The maximum atomic E-state index is 12.8. The highest BCUT2D eigenvalue weighted by Crippen LogP contribution is 2.23. The van der Waals surface area contributed by atoms with Crippen molar-refractivity contribution in [2.24, 2.45) is 0 Å². The number of rotatable bonds is 9. The molecule has 1 aromatic rings. The molecule has 1 fully saturated rings. The second kappa shape index (κ2) is 10.8. The molecule has 1 aliphatic heterocycles. The molecule has 1 saturated heterocycles. The number of carboxylic acid groups (broad SMARTS) is 1. The highest BCUT2D eigenvalue weighted by atomic mass is 19.4. The summed E-state index contributed by atoms with van der Waals surface area (Å²) < 4.78 is 40.4. The number of nitrogens with one attached hydrogen (secondary N) is 2. The van der Waals surface area contributed by atoms with Crippen molar-refractivity contribution in [1.82, 2.24) is 15.5 Å². The van der Waals surface area contributed by atoms with Gasteiger partial charge in [0.15, 0.2) is 0 Å². The van der Waals surface area contributed by atoms with Gasteiger partial charge in [-0.2, -0.15) is 0 Å². The zero-order valence-corrected chi connectivity index (χ0v) is 17.4. The van der Waals surface area contributed by atoms with Crippen molar-refractivity contribution < 1.29 is 47.0 Å². The Morgan fingerprint density at radius 3 is 2.39 bits per heavy atom. The first-order valence-electron chi connectivity index (χ1n) is 9.86. The van der Waals surface area contributed by atoms with Crippen LogP contribution in [0.4, 0.5) is 13.2 Å². The average Bonchev–Trinajstić information content (AvgIpc) is 3.21. The quantitative estimate of drug-likeness (QED) is 0.452. The molecule has 2 unspecified atom stereocenters. The summed E-state index contributed by atoms with van der Waals surface area (Å²) in [5.41, 5.74) is -0.0117. The van der Waals surface area contributed by atoms with Crippen LogP contribution >= 0.6 is 0 Å². The van der Waals surface area contributed by atoms with Gasteiger partial charge in [-0.05, 0) is 44.0 Å². The number of carbonyl (C=O) groups is 5. The summed E-state index contributed by atoms with van der Waals surface area (Å²) >= 11 is 0. The molecular formula is C20H22F3N3O7. The van der Waals surface area contributed by atoms with Crippen molar-refractivity contribution in [3.63, 3.8) is 0 Å². The zero-order valence-electron chi connectivity index (χ0n) is 17.4. The lowest BCUT2D eigenvalue weighted by molar-refractivity contribution is -0.274. The Morgan fingerprint density at radius 1 is 1.21 bits per heavy atom. The van der Waals surface area contributed by atoms with Crippen LogP contribution < -0.4 is 15.4 Å². The Bertz CT molecular complexity index is 905. The van der Waals surface area contributed by atoms with Gasteiger partial charge < -0.3 is 30.2 Å². The SMILES string of the molecule is CC(NC(=O)c1ccc(OC(F)(F)F)cc1)C(=O)N1CCC[C@H]1C(=O)NC(C=O)CC(=O)O. The number of carbonyl (C=O) groups excluding carboxylic acids is 4. The fraction of sp³-hybridized carbons (Fsp3) is 0.450. The molecule has 0 aliphatic carbocycles. The van der Waals surface area contributed by atoms with E-state index in [1.165, 1.54) is 11.8 Å². The Labute approximate surface area is 186 Å². The predicted molar refractivity (Wildman–Crippen MR) is 105 cm³/mol. The molecule has 10 nitrogen and oxygen atoms in total. The van der Waals surface area contributed by atoms with Gasteiger partial charge in [-0.15, -0.1) is 13.2 Å². The van der Waals surface area contributed by atoms with Crippen molar-refractivity contribution in [1.29, 1.82) is 0 Å². The van der Waals surface area contributed by atoms with E-state index in [1.807, 2.05) is 0 Å². The van der Waals surface area contributed by atoms with Crippen molar-refractivity contribution in [2.45, 2.75) is 50.7 Å². The molecule has 0 aromatic heterocycles. The highest BCUT2D eigenvalue weighted by molar-refractivity contribution is 5.98. The van der Waals surface area contributed by atoms with Crippen LogP contribution in [0.15, 0.2) is 24.3 Å². The lowest BCUT2D eigenvalue weighted by Crippen LogP contribution is -2.54. The van der Waals surface area contributed by atoms with Crippen molar-refractivity contribution >= 4 is 30.0 Å². The second-order valence-corrected chi connectivity index (χ2v) is 7.31. The van der Waals surface area contributed by atoms with E-state index in [0.29, 0.717) is 12.7 Å². The minimum atomic E-state index is -4.87. The number of amides is 3. The molecular weight excluding hydrogens is 451 g/mol.